The molecule has 31 heavy (non-hydrogen) atoms. The van der Waals surface area contributed by atoms with Gasteiger partial charge in [0, 0.05) is 41.9 Å². The predicted octanol–water partition coefficient (Wildman–Crippen LogP) is 4.10. The number of halogens is 1. The molecule has 6 nitrogen and oxygen atoms in total. The Morgan fingerprint density at radius 2 is 1.87 bits per heavy atom. The molecule has 0 bridgehead atoms. The van der Waals surface area contributed by atoms with Crippen LogP contribution in [0.5, 0.6) is 11.5 Å². The normalized spacial score (nSPS) is 14.3. The molecule has 0 aliphatic carbocycles. The Morgan fingerprint density at radius 3 is 2.52 bits per heavy atom. The summed E-state index contributed by atoms with van der Waals surface area (Å²) in [6, 6.07) is 11.2. The molecule has 3 rings (SSSR count). The summed E-state index contributed by atoms with van der Waals surface area (Å²) in [5, 5.41) is 2.84. The molecule has 166 valence electrons. The zero-order valence-electron chi connectivity index (χ0n) is 18.1. The van der Waals surface area contributed by atoms with Crippen molar-refractivity contribution in [2.24, 2.45) is 0 Å². The molecule has 0 spiro atoms. The molecule has 0 aromatic heterocycles. The van der Waals surface area contributed by atoms with Crippen LogP contribution < -0.4 is 14.8 Å². The summed E-state index contributed by atoms with van der Waals surface area (Å²) in [6.45, 7) is 8.97. The number of ether oxygens (including phenoxy) is 2. The number of nitrogens with zero attached hydrogens (tertiary/aromatic N) is 2. The van der Waals surface area contributed by atoms with Gasteiger partial charge in [-0.1, -0.05) is 35.1 Å². The van der Waals surface area contributed by atoms with Crippen LogP contribution in [-0.4, -0.2) is 67.1 Å². The Bertz CT molecular complexity index is 946. The molecule has 1 N–H and O–H groups in total. The Morgan fingerprint density at radius 1 is 1.13 bits per heavy atom. The van der Waals surface area contributed by atoms with Crippen molar-refractivity contribution in [3.63, 3.8) is 0 Å². The standard InChI is InChI=1S/C23H28BrN3O3S/c1-4-26-9-11-27(12-10-26)23(31)17-5-8-20(21(14-17)29-3)30-15-22(28)25-18-6-7-19(24)16(2)13-18/h5-8,13-14H,4,9-12,15H2,1-3H3,(H,25,28). The van der Waals surface area contributed by atoms with Gasteiger partial charge in [-0.25, -0.2) is 0 Å². The van der Waals surface area contributed by atoms with E-state index in [4.69, 9.17) is 21.7 Å². The Labute approximate surface area is 197 Å². The van der Waals surface area contributed by atoms with E-state index < -0.39 is 0 Å². The minimum atomic E-state index is -0.239. The molecular formula is C23H28BrN3O3S. The van der Waals surface area contributed by atoms with Crippen molar-refractivity contribution in [1.29, 1.82) is 0 Å². The number of carbonyl (C=O) groups excluding carboxylic acids is 1. The van der Waals surface area contributed by atoms with Gasteiger partial charge in [-0.05, 0) is 55.4 Å². The van der Waals surface area contributed by atoms with Gasteiger partial charge < -0.3 is 24.6 Å². The smallest absolute Gasteiger partial charge is 0.262 e. The number of likely N-dealkylation sites (N-methyl/N-ethyl adjacent to an activating group) is 1. The first-order valence-corrected chi connectivity index (χ1v) is 11.5. The summed E-state index contributed by atoms with van der Waals surface area (Å²) in [7, 11) is 1.58. The molecule has 2 aromatic rings. The average molecular weight is 506 g/mol. The third kappa shape index (κ3) is 6.18. The van der Waals surface area contributed by atoms with Crippen molar-refractivity contribution in [3.05, 3.63) is 52.0 Å². The number of carbonyl (C=O) groups is 1. The topological polar surface area (TPSA) is 54.0 Å². The number of piperazine rings is 1. The minimum absolute atomic E-state index is 0.117. The van der Waals surface area contributed by atoms with Gasteiger partial charge in [0.2, 0.25) is 0 Å². The van der Waals surface area contributed by atoms with Gasteiger partial charge in [0.05, 0.1) is 7.11 Å². The van der Waals surface area contributed by atoms with E-state index in [-0.39, 0.29) is 12.5 Å². The Hall–Kier alpha value is -2.16. The largest absolute Gasteiger partial charge is 0.493 e. The number of rotatable bonds is 7. The van der Waals surface area contributed by atoms with Crippen LogP contribution in [0.1, 0.15) is 18.1 Å². The summed E-state index contributed by atoms with van der Waals surface area (Å²) in [5.41, 5.74) is 2.69. The SMILES string of the molecule is CCN1CCN(C(=S)c2ccc(OCC(=O)Nc3ccc(Br)c(C)c3)c(OC)c2)CC1. The zero-order valence-corrected chi connectivity index (χ0v) is 20.5. The molecule has 2 aromatic carbocycles. The molecule has 1 aliphatic heterocycles. The highest BCUT2D eigenvalue weighted by atomic mass is 79.9. The first-order valence-electron chi connectivity index (χ1n) is 10.3. The summed E-state index contributed by atoms with van der Waals surface area (Å²) >= 11 is 9.16. The highest BCUT2D eigenvalue weighted by Crippen LogP contribution is 2.29. The highest BCUT2D eigenvalue weighted by Gasteiger charge is 2.20. The van der Waals surface area contributed by atoms with Crippen LogP contribution in [0.2, 0.25) is 0 Å². The van der Waals surface area contributed by atoms with Gasteiger partial charge in [0.25, 0.3) is 5.91 Å². The number of anilines is 1. The molecule has 1 heterocycles. The number of nitrogens with one attached hydrogen (secondary N) is 1. The molecule has 1 saturated heterocycles. The van der Waals surface area contributed by atoms with Crippen LogP contribution in [0.15, 0.2) is 40.9 Å². The lowest BCUT2D eigenvalue weighted by atomic mass is 10.1. The van der Waals surface area contributed by atoms with Crippen LogP contribution in [0, 0.1) is 6.92 Å². The zero-order chi connectivity index (χ0) is 22.4. The lowest BCUT2D eigenvalue weighted by molar-refractivity contribution is -0.118. The number of aryl methyl sites for hydroxylation is 1. The number of benzene rings is 2. The van der Waals surface area contributed by atoms with E-state index in [0.717, 1.165) is 59.0 Å². The molecule has 0 radical (unpaired) electrons. The van der Waals surface area contributed by atoms with Crippen LogP contribution in [0.3, 0.4) is 0 Å². The van der Waals surface area contributed by atoms with E-state index >= 15 is 0 Å². The maximum atomic E-state index is 12.3. The highest BCUT2D eigenvalue weighted by molar-refractivity contribution is 9.10. The maximum absolute atomic E-state index is 12.3. The Kier molecular flexibility index (Phi) is 8.28. The predicted molar refractivity (Wildman–Crippen MR) is 131 cm³/mol. The number of methoxy groups -OCH3 is 1. The number of hydrogen-bond donors (Lipinski definition) is 1. The van der Waals surface area contributed by atoms with Gasteiger partial charge >= 0.3 is 0 Å². The third-order valence-corrected chi connectivity index (χ3v) is 6.70. The number of thiocarbonyl (C=S) groups is 1. The van der Waals surface area contributed by atoms with Crippen LogP contribution in [-0.2, 0) is 4.79 Å². The third-order valence-electron chi connectivity index (χ3n) is 5.32. The van der Waals surface area contributed by atoms with Crippen molar-refractivity contribution in [3.8, 4) is 11.5 Å². The fourth-order valence-corrected chi connectivity index (χ4v) is 3.99. The maximum Gasteiger partial charge on any atom is 0.262 e. The van der Waals surface area contributed by atoms with Crippen LogP contribution in [0.4, 0.5) is 5.69 Å². The summed E-state index contributed by atoms with van der Waals surface area (Å²) in [4.78, 5) is 17.7. The van der Waals surface area contributed by atoms with E-state index in [1.54, 1.807) is 13.2 Å². The van der Waals surface area contributed by atoms with E-state index in [2.05, 4.69) is 38.0 Å². The molecular weight excluding hydrogens is 478 g/mol. The summed E-state index contributed by atoms with van der Waals surface area (Å²) in [6.07, 6.45) is 0. The molecule has 0 atom stereocenters. The van der Waals surface area contributed by atoms with Gasteiger partial charge in [-0.2, -0.15) is 0 Å². The van der Waals surface area contributed by atoms with Crippen molar-refractivity contribution < 1.29 is 14.3 Å². The van der Waals surface area contributed by atoms with E-state index in [0.29, 0.717) is 11.5 Å². The average Bonchev–Trinajstić information content (AvgIpc) is 2.79. The van der Waals surface area contributed by atoms with Gasteiger partial charge in [-0.3, -0.25) is 4.79 Å². The first kappa shape index (κ1) is 23.5. The fourth-order valence-electron chi connectivity index (χ4n) is 3.43. The molecule has 1 aliphatic rings. The molecule has 0 unspecified atom stereocenters. The van der Waals surface area contributed by atoms with E-state index in [1.165, 1.54) is 0 Å². The summed E-state index contributed by atoms with van der Waals surface area (Å²) < 4.78 is 12.2. The quantitative estimate of drug-likeness (QED) is 0.571. The van der Waals surface area contributed by atoms with Crippen molar-refractivity contribution in [2.75, 3.05) is 51.8 Å². The van der Waals surface area contributed by atoms with Crippen molar-refractivity contribution >= 4 is 44.7 Å². The van der Waals surface area contributed by atoms with E-state index in [1.807, 2.05) is 37.3 Å². The number of amides is 1. The molecule has 0 saturated carbocycles. The van der Waals surface area contributed by atoms with Crippen molar-refractivity contribution in [2.45, 2.75) is 13.8 Å². The molecule has 1 amide bonds. The van der Waals surface area contributed by atoms with Gasteiger partial charge in [0.1, 0.15) is 4.99 Å². The van der Waals surface area contributed by atoms with Crippen LogP contribution in [0.25, 0.3) is 0 Å². The van der Waals surface area contributed by atoms with Crippen LogP contribution >= 0.6 is 28.1 Å². The van der Waals surface area contributed by atoms with Gasteiger partial charge in [0.15, 0.2) is 18.1 Å². The Balaban J connectivity index is 1.60. The number of hydrogen-bond acceptors (Lipinski definition) is 5. The van der Waals surface area contributed by atoms with Gasteiger partial charge in [-0.15, -0.1) is 0 Å². The lowest BCUT2D eigenvalue weighted by Gasteiger charge is -2.35. The monoisotopic (exact) mass is 505 g/mol. The first-order chi connectivity index (χ1) is 14.9. The fraction of sp³-hybridized carbons (Fsp3) is 0.391. The molecule has 8 heteroatoms. The second-order valence-electron chi connectivity index (χ2n) is 7.39. The summed E-state index contributed by atoms with van der Waals surface area (Å²) in [5.74, 6) is 0.823. The second kappa shape index (κ2) is 10.9. The van der Waals surface area contributed by atoms with Crippen molar-refractivity contribution in [1.82, 2.24) is 9.80 Å². The van der Waals surface area contributed by atoms with E-state index in [9.17, 15) is 4.79 Å². The molecule has 1 fully saturated rings. The minimum Gasteiger partial charge on any atom is -0.493 e. The second-order valence-corrected chi connectivity index (χ2v) is 8.63. The lowest BCUT2D eigenvalue weighted by Crippen LogP contribution is -2.48.